The Bertz CT molecular complexity index is 679. The Morgan fingerprint density at radius 2 is 2.06 bits per heavy atom. The van der Waals surface area contributed by atoms with Gasteiger partial charge in [-0.05, 0) is 12.1 Å². The average molecular weight is 265 g/mol. The lowest BCUT2D eigenvalue weighted by molar-refractivity contribution is 0.940. The van der Waals surface area contributed by atoms with E-state index >= 15 is 0 Å². The lowest BCUT2D eigenvalue weighted by Crippen LogP contribution is -1.92. The van der Waals surface area contributed by atoms with Gasteiger partial charge >= 0.3 is 0 Å². The topological polar surface area (TPSA) is 43.1 Å². The molecule has 0 saturated heterocycles. The normalized spacial score (nSPS) is 10.9. The van der Waals surface area contributed by atoms with Gasteiger partial charge in [0.05, 0.1) is 17.5 Å². The van der Waals surface area contributed by atoms with E-state index in [1.54, 1.807) is 18.5 Å². The van der Waals surface area contributed by atoms with Gasteiger partial charge in [-0.1, -0.05) is 29.3 Å². The highest BCUT2D eigenvalue weighted by Gasteiger charge is 2.11. The number of hydrogen-bond acceptors (Lipinski definition) is 3. The third-order valence-corrected chi connectivity index (χ3v) is 2.80. The first-order valence-corrected chi connectivity index (χ1v) is 5.62. The molecule has 0 aliphatic carbocycles. The lowest BCUT2D eigenvalue weighted by atomic mass is 10.2. The average Bonchev–Trinajstić information content (AvgIpc) is 2.74. The fourth-order valence-electron chi connectivity index (χ4n) is 1.60. The van der Waals surface area contributed by atoms with E-state index in [0.29, 0.717) is 16.0 Å². The molecule has 0 aliphatic heterocycles. The van der Waals surface area contributed by atoms with Crippen LogP contribution in [0.3, 0.4) is 0 Å². The fraction of sp³-hybridized carbons (Fsp3) is 0. The van der Waals surface area contributed by atoms with Crippen LogP contribution in [0, 0.1) is 0 Å². The molecule has 0 spiro atoms. The monoisotopic (exact) mass is 264 g/mol. The van der Waals surface area contributed by atoms with Gasteiger partial charge in [0, 0.05) is 12.3 Å². The molecule has 3 aromatic heterocycles. The summed E-state index contributed by atoms with van der Waals surface area (Å²) in [5.74, 6) is 0. The second kappa shape index (κ2) is 3.98. The number of aromatic nitrogens is 4. The maximum absolute atomic E-state index is 6.02. The summed E-state index contributed by atoms with van der Waals surface area (Å²) in [6, 6.07) is 7.18. The highest BCUT2D eigenvalue weighted by molar-refractivity contribution is 6.33. The smallest absolute Gasteiger partial charge is 0.167 e. The van der Waals surface area contributed by atoms with Crippen LogP contribution in [0.4, 0.5) is 0 Å². The van der Waals surface area contributed by atoms with E-state index in [2.05, 4.69) is 15.1 Å². The van der Waals surface area contributed by atoms with Crippen LogP contribution in [0.1, 0.15) is 0 Å². The van der Waals surface area contributed by atoms with Crippen molar-refractivity contribution in [3.63, 3.8) is 0 Å². The minimum absolute atomic E-state index is 0.334. The molecular weight excluding hydrogens is 259 g/mol. The van der Waals surface area contributed by atoms with Crippen LogP contribution in [0.2, 0.25) is 10.3 Å². The van der Waals surface area contributed by atoms with Crippen molar-refractivity contribution in [2.45, 2.75) is 0 Å². The molecule has 0 amide bonds. The largest absolute Gasteiger partial charge is 0.256 e. The highest BCUT2D eigenvalue weighted by atomic mass is 35.5. The predicted octanol–water partition coefficient (Wildman–Crippen LogP) is 3.10. The van der Waals surface area contributed by atoms with Crippen LogP contribution in [-0.2, 0) is 0 Å². The Kier molecular flexibility index (Phi) is 2.46. The molecule has 0 unspecified atom stereocenters. The van der Waals surface area contributed by atoms with Crippen LogP contribution in [0.25, 0.3) is 16.9 Å². The molecule has 0 aromatic carbocycles. The van der Waals surface area contributed by atoms with E-state index in [4.69, 9.17) is 23.2 Å². The van der Waals surface area contributed by atoms with Gasteiger partial charge in [0.25, 0.3) is 0 Å². The van der Waals surface area contributed by atoms with Crippen LogP contribution in [0.5, 0.6) is 0 Å². The number of rotatable bonds is 1. The van der Waals surface area contributed by atoms with Gasteiger partial charge in [0.1, 0.15) is 10.3 Å². The summed E-state index contributed by atoms with van der Waals surface area (Å²) < 4.78 is 1.53. The molecule has 3 rings (SSSR count). The summed E-state index contributed by atoms with van der Waals surface area (Å²) in [5.41, 5.74) is 2.18. The number of halogens is 2. The number of fused-ring (bicyclic) bond motifs is 1. The zero-order chi connectivity index (χ0) is 11.8. The van der Waals surface area contributed by atoms with E-state index in [-0.39, 0.29) is 0 Å². The van der Waals surface area contributed by atoms with Gasteiger partial charge in [-0.2, -0.15) is 5.10 Å². The maximum Gasteiger partial charge on any atom is 0.167 e. The van der Waals surface area contributed by atoms with Crippen molar-refractivity contribution in [1.82, 2.24) is 19.6 Å². The Morgan fingerprint density at radius 3 is 2.82 bits per heavy atom. The van der Waals surface area contributed by atoms with Crippen molar-refractivity contribution in [3.05, 3.63) is 47.0 Å². The molecular formula is C11H6Cl2N4. The van der Waals surface area contributed by atoms with Gasteiger partial charge in [-0.3, -0.25) is 4.98 Å². The first-order valence-electron chi connectivity index (χ1n) is 4.87. The summed E-state index contributed by atoms with van der Waals surface area (Å²) in [4.78, 5) is 8.47. The molecule has 0 atom stereocenters. The number of hydrogen-bond donors (Lipinski definition) is 0. The zero-order valence-corrected chi connectivity index (χ0v) is 10.0. The van der Waals surface area contributed by atoms with Gasteiger partial charge in [-0.15, -0.1) is 0 Å². The van der Waals surface area contributed by atoms with E-state index in [1.165, 1.54) is 4.52 Å². The van der Waals surface area contributed by atoms with E-state index in [1.807, 2.05) is 18.2 Å². The van der Waals surface area contributed by atoms with Crippen molar-refractivity contribution in [2.24, 2.45) is 0 Å². The minimum atomic E-state index is 0.334. The van der Waals surface area contributed by atoms with Gasteiger partial charge in [0.15, 0.2) is 5.65 Å². The molecule has 3 aromatic rings. The summed E-state index contributed by atoms with van der Waals surface area (Å²) in [5, 5.41) is 4.91. The first kappa shape index (κ1) is 10.5. The summed E-state index contributed by atoms with van der Waals surface area (Å²) in [6.45, 7) is 0. The van der Waals surface area contributed by atoms with Gasteiger partial charge in [0.2, 0.25) is 0 Å². The van der Waals surface area contributed by atoms with Crippen LogP contribution in [-0.4, -0.2) is 19.6 Å². The molecule has 0 N–H and O–H groups in total. The van der Waals surface area contributed by atoms with Crippen molar-refractivity contribution in [3.8, 4) is 11.3 Å². The van der Waals surface area contributed by atoms with Crippen molar-refractivity contribution >= 4 is 28.8 Å². The Hall–Kier alpha value is -1.65. The third kappa shape index (κ3) is 1.75. The SMILES string of the molecule is Clc1cc(Cl)n2ncc(-c3ccccn3)c2n1. The first-order chi connectivity index (χ1) is 8.25. The van der Waals surface area contributed by atoms with Gasteiger partial charge < -0.3 is 0 Å². The van der Waals surface area contributed by atoms with Gasteiger partial charge in [-0.25, -0.2) is 9.50 Å². The standard InChI is InChI=1S/C11H6Cl2N4/c12-9-5-10(13)17-11(16-9)7(6-15-17)8-3-1-2-4-14-8/h1-6H. The van der Waals surface area contributed by atoms with Crippen LogP contribution < -0.4 is 0 Å². The molecule has 6 heteroatoms. The second-order valence-corrected chi connectivity index (χ2v) is 4.18. The third-order valence-electron chi connectivity index (χ3n) is 2.34. The van der Waals surface area contributed by atoms with Crippen molar-refractivity contribution in [1.29, 1.82) is 0 Å². The van der Waals surface area contributed by atoms with Crippen LogP contribution in [0.15, 0.2) is 36.7 Å². The summed E-state index contributed by atoms with van der Waals surface area (Å²) in [7, 11) is 0. The molecule has 3 heterocycles. The predicted molar refractivity (Wildman–Crippen MR) is 66.2 cm³/mol. The van der Waals surface area contributed by atoms with E-state index < -0.39 is 0 Å². The van der Waals surface area contributed by atoms with E-state index in [0.717, 1.165) is 11.3 Å². The van der Waals surface area contributed by atoms with E-state index in [9.17, 15) is 0 Å². The minimum Gasteiger partial charge on any atom is -0.256 e. The highest BCUT2D eigenvalue weighted by Crippen LogP contribution is 2.25. The zero-order valence-electron chi connectivity index (χ0n) is 8.51. The molecule has 0 fully saturated rings. The summed E-state index contributed by atoms with van der Waals surface area (Å²) >= 11 is 11.9. The molecule has 4 nitrogen and oxygen atoms in total. The Morgan fingerprint density at radius 1 is 1.18 bits per heavy atom. The lowest BCUT2D eigenvalue weighted by Gasteiger charge is -1.99. The Labute approximate surface area is 107 Å². The number of pyridine rings is 1. The van der Waals surface area contributed by atoms with Crippen molar-refractivity contribution in [2.75, 3.05) is 0 Å². The molecule has 0 radical (unpaired) electrons. The molecule has 0 saturated carbocycles. The number of nitrogens with zero attached hydrogens (tertiary/aromatic N) is 4. The molecule has 17 heavy (non-hydrogen) atoms. The molecule has 0 bridgehead atoms. The van der Waals surface area contributed by atoms with Crippen LogP contribution >= 0.6 is 23.2 Å². The molecule has 84 valence electrons. The Balaban J connectivity index is 2.32. The second-order valence-electron chi connectivity index (χ2n) is 3.41. The van der Waals surface area contributed by atoms with Crippen molar-refractivity contribution < 1.29 is 0 Å². The molecule has 0 aliphatic rings. The summed E-state index contributed by atoms with van der Waals surface area (Å²) in [6.07, 6.45) is 3.39. The fourth-order valence-corrected chi connectivity index (χ4v) is 2.07. The maximum atomic E-state index is 6.02. The quantitative estimate of drug-likeness (QED) is 0.635.